The SMILES string of the molecule is CC1OCCCC1C(=O)NCc1ccccc1Cn1ccnc1. The second kappa shape index (κ2) is 7.42. The van der Waals surface area contributed by atoms with E-state index in [4.69, 9.17) is 4.74 Å². The van der Waals surface area contributed by atoms with Crippen LogP contribution in [0.4, 0.5) is 0 Å². The standard InChI is InChI=1S/C18H23N3O2/c1-14-17(7-4-10-23-14)18(22)20-11-15-5-2-3-6-16(15)12-21-9-8-19-13-21/h2-3,5-6,8-9,13-14,17H,4,7,10-12H2,1H3,(H,20,22). The Morgan fingerprint density at radius 2 is 2.22 bits per heavy atom. The van der Waals surface area contributed by atoms with Gasteiger partial charge in [-0.15, -0.1) is 0 Å². The van der Waals surface area contributed by atoms with Crippen molar-refractivity contribution in [3.8, 4) is 0 Å². The number of imidazole rings is 1. The molecule has 0 saturated carbocycles. The topological polar surface area (TPSA) is 56.1 Å². The van der Waals surface area contributed by atoms with E-state index in [0.717, 1.165) is 31.6 Å². The minimum absolute atomic E-state index is 0.00458. The third kappa shape index (κ3) is 3.99. The summed E-state index contributed by atoms with van der Waals surface area (Å²) in [6, 6.07) is 8.18. The summed E-state index contributed by atoms with van der Waals surface area (Å²) in [7, 11) is 0. The molecule has 1 amide bonds. The van der Waals surface area contributed by atoms with Crippen LogP contribution in [0, 0.1) is 5.92 Å². The Morgan fingerprint density at radius 1 is 1.39 bits per heavy atom. The van der Waals surface area contributed by atoms with E-state index >= 15 is 0 Å². The first-order valence-electron chi connectivity index (χ1n) is 8.16. The highest BCUT2D eigenvalue weighted by atomic mass is 16.5. The molecule has 23 heavy (non-hydrogen) atoms. The zero-order valence-corrected chi connectivity index (χ0v) is 13.4. The second-order valence-corrected chi connectivity index (χ2v) is 6.05. The van der Waals surface area contributed by atoms with E-state index < -0.39 is 0 Å². The molecule has 3 rings (SSSR count). The first-order valence-corrected chi connectivity index (χ1v) is 8.16. The average molecular weight is 313 g/mol. The highest BCUT2D eigenvalue weighted by molar-refractivity contribution is 5.79. The lowest BCUT2D eigenvalue weighted by Gasteiger charge is -2.28. The average Bonchev–Trinajstić information content (AvgIpc) is 3.07. The van der Waals surface area contributed by atoms with Crippen LogP contribution in [0.25, 0.3) is 0 Å². The van der Waals surface area contributed by atoms with Crippen molar-refractivity contribution in [2.24, 2.45) is 5.92 Å². The molecule has 1 N–H and O–H groups in total. The highest BCUT2D eigenvalue weighted by Crippen LogP contribution is 2.21. The first kappa shape index (κ1) is 15.7. The number of carbonyl (C=O) groups is 1. The lowest BCUT2D eigenvalue weighted by molar-refractivity contribution is -0.133. The Bertz CT molecular complexity index is 639. The largest absolute Gasteiger partial charge is 0.378 e. The van der Waals surface area contributed by atoms with Gasteiger partial charge in [-0.05, 0) is 30.9 Å². The Kier molecular flexibility index (Phi) is 5.08. The maximum atomic E-state index is 12.4. The number of carbonyl (C=O) groups excluding carboxylic acids is 1. The molecule has 1 aliphatic heterocycles. The van der Waals surface area contributed by atoms with Gasteiger partial charge in [-0.1, -0.05) is 24.3 Å². The van der Waals surface area contributed by atoms with E-state index in [2.05, 4.69) is 22.4 Å². The van der Waals surface area contributed by atoms with Gasteiger partial charge in [0.1, 0.15) is 0 Å². The van der Waals surface area contributed by atoms with Crippen LogP contribution >= 0.6 is 0 Å². The smallest absolute Gasteiger partial charge is 0.225 e. The van der Waals surface area contributed by atoms with Crippen LogP contribution in [0.1, 0.15) is 30.9 Å². The van der Waals surface area contributed by atoms with Gasteiger partial charge in [0.15, 0.2) is 0 Å². The molecule has 5 nitrogen and oxygen atoms in total. The normalized spacial score (nSPS) is 21.1. The van der Waals surface area contributed by atoms with Gasteiger partial charge in [0, 0.05) is 32.1 Å². The quantitative estimate of drug-likeness (QED) is 0.922. The first-order chi connectivity index (χ1) is 11.2. The summed E-state index contributed by atoms with van der Waals surface area (Å²) in [5, 5.41) is 3.08. The van der Waals surface area contributed by atoms with Crippen LogP contribution in [-0.2, 0) is 22.6 Å². The van der Waals surface area contributed by atoms with Crippen LogP contribution < -0.4 is 5.32 Å². The number of hydrogen-bond acceptors (Lipinski definition) is 3. The molecule has 122 valence electrons. The predicted molar refractivity (Wildman–Crippen MR) is 87.8 cm³/mol. The van der Waals surface area contributed by atoms with Gasteiger partial charge in [-0.25, -0.2) is 4.98 Å². The summed E-state index contributed by atoms with van der Waals surface area (Å²) in [4.78, 5) is 16.5. The molecule has 0 spiro atoms. The molecule has 1 aromatic carbocycles. The molecule has 2 unspecified atom stereocenters. The summed E-state index contributed by atoms with van der Waals surface area (Å²) in [6.45, 7) is 4.05. The lowest BCUT2D eigenvalue weighted by atomic mass is 9.94. The van der Waals surface area contributed by atoms with Crippen LogP contribution in [0.15, 0.2) is 43.0 Å². The fourth-order valence-electron chi connectivity index (χ4n) is 3.04. The monoisotopic (exact) mass is 313 g/mol. The summed E-state index contributed by atoms with van der Waals surface area (Å²) in [5.74, 6) is 0.0548. The molecule has 5 heteroatoms. The van der Waals surface area contributed by atoms with E-state index in [1.54, 1.807) is 12.5 Å². The summed E-state index contributed by atoms with van der Waals surface area (Å²) < 4.78 is 7.61. The number of rotatable bonds is 5. The Hall–Kier alpha value is -2.14. The Morgan fingerprint density at radius 3 is 2.96 bits per heavy atom. The molecule has 2 atom stereocenters. The van der Waals surface area contributed by atoms with E-state index in [-0.39, 0.29) is 17.9 Å². The van der Waals surface area contributed by atoms with Gasteiger partial charge in [0.05, 0.1) is 18.3 Å². The van der Waals surface area contributed by atoms with Crippen LogP contribution in [0.3, 0.4) is 0 Å². The predicted octanol–water partition coefficient (Wildman–Crippen LogP) is 2.36. The van der Waals surface area contributed by atoms with Crippen molar-refractivity contribution in [1.29, 1.82) is 0 Å². The Balaban J connectivity index is 1.62. The lowest BCUT2D eigenvalue weighted by Crippen LogP contribution is -2.40. The van der Waals surface area contributed by atoms with Gasteiger partial charge in [-0.2, -0.15) is 0 Å². The number of ether oxygens (including phenoxy) is 1. The van der Waals surface area contributed by atoms with Crippen molar-refractivity contribution < 1.29 is 9.53 Å². The molecule has 1 saturated heterocycles. The van der Waals surface area contributed by atoms with E-state index in [9.17, 15) is 4.79 Å². The number of nitrogens with zero attached hydrogens (tertiary/aromatic N) is 2. The van der Waals surface area contributed by atoms with Crippen molar-refractivity contribution in [2.75, 3.05) is 6.61 Å². The Labute approximate surface area is 136 Å². The molecule has 2 aromatic rings. The molecule has 1 aromatic heterocycles. The van der Waals surface area contributed by atoms with E-state index in [0.29, 0.717) is 6.54 Å². The second-order valence-electron chi connectivity index (χ2n) is 6.05. The third-order valence-corrected chi connectivity index (χ3v) is 4.43. The molecule has 1 aliphatic rings. The zero-order valence-electron chi connectivity index (χ0n) is 13.4. The number of benzene rings is 1. The van der Waals surface area contributed by atoms with Crippen LogP contribution in [-0.4, -0.2) is 28.2 Å². The molecular weight excluding hydrogens is 290 g/mol. The summed E-state index contributed by atoms with van der Waals surface area (Å²) in [5.41, 5.74) is 2.33. The fourth-order valence-corrected chi connectivity index (χ4v) is 3.04. The van der Waals surface area contributed by atoms with E-state index in [1.165, 1.54) is 5.56 Å². The number of nitrogens with one attached hydrogen (secondary N) is 1. The van der Waals surface area contributed by atoms with E-state index in [1.807, 2.05) is 29.8 Å². The minimum Gasteiger partial charge on any atom is -0.378 e. The third-order valence-electron chi connectivity index (χ3n) is 4.43. The van der Waals surface area contributed by atoms with Gasteiger partial charge in [-0.3, -0.25) is 4.79 Å². The maximum Gasteiger partial charge on any atom is 0.225 e. The van der Waals surface area contributed by atoms with Crippen molar-refractivity contribution in [3.63, 3.8) is 0 Å². The minimum atomic E-state index is -0.0374. The van der Waals surface area contributed by atoms with Crippen molar-refractivity contribution in [2.45, 2.75) is 39.0 Å². The van der Waals surface area contributed by atoms with Crippen molar-refractivity contribution in [1.82, 2.24) is 14.9 Å². The molecule has 0 aliphatic carbocycles. The van der Waals surface area contributed by atoms with Gasteiger partial charge >= 0.3 is 0 Å². The number of amides is 1. The van der Waals surface area contributed by atoms with Crippen LogP contribution in [0.5, 0.6) is 0 Å². The molecule has 1 fully saturated rings. The summed E-state index contributed by atoms with van der Waals surface area (Å²) >= 11 is 0. The highest BCUT2D eigenvalue weighted by Gasteiger charge is 2.28. The number of aromatic nitrogens is 2. The molecule has 0 radical (unpaired) electrons. The van der Waals surface area contributed by atoms with Gasteiger partial charge in [0.25, 0.3) is 0 Å². The zero-order chi connectivity index (χ0) is 16.1. The molecule has 0 bridgehead atoms. The van der Waals surface area contributed by atoms with Crippen molar-refractivity contribution in [3.05, 3.63) is 54.1 Å². The van der Waals surface area contributed by atoms with Gasteiger partial charge in [0.2, 0.25) is 5.91 Å². The van der Waals surface area contributed by atoms with Gasteiger partial charge < -0.3 is 14.6 Å². The van der Waals surface area contributed by atoms with Crippen LogP contribution in [0.2, 0.25) is 0 Å². The number of hydrogen-bond donors (Lipinski definition) is 1. The fraction of sp³-hybridized carbons (Fsp3) is 0.444. The molecule has 2 heterocycles. The maximum absolute atomic E-state index is 12.4. The van der Waals surface area contributed by atoms with Crippen molar-refractivity contribution >= 4 is 5.91 Å². The summed E-state index contributed by atoms with van der Waals surface area (Å²) in [6.07, 6.45) is 7.38. The molecular formula is C18H23N3O2.